The molecule has 0 aliphatic heterocycles. The van der Waals surface area contributed by atoms with Gasteiger partial charge in [-0.3, -0.25) is 9.78 Å². The number of carbonyl (C=O) groups is 1. The normalized spacial score (nSPS) is 14.4. The molecule has 1 aliphatic carbocycles. The molecule has 1 aliphatic rings. The fourth-order valence-electron chi connectivity index (χ4n) is 4.42. The zero-order valence-electron chi connectivity index (χ0n) is 20.5. The minimum Gasteiger partial charge on any atom is -0.334 e. The lowest BCUT2D eigenvalue weighted by Gasteiger charge is -2.16. The van der Waals surface area contributed by atoms with Gasteiger partial charge in [0, 0.05) is 45.9 Å². The average molecular weight is 609 g/mol. The van der Waals surface area contributed by atoms with Crippen molar-refractivity contribution >= 4 is 50.4 Å². The van der Waals surface area contributed by atoms with Crippen LogP contribution < -0.4 is 0 Å². The van der Waals surface area contributed by atoms with E-state index < -0.39 is 21.1 Å². The number of pyridine rings is 1. The molecule has 0 amide bonds. The summed E-state index contributed by atoms with van der Waals surface area (Å²) in [4.78, 5) is 21.5. The number of hydrogen-bond acceptors (Lipinski definition) is 7. The van der Waals surface area contributed by atoms with E-state index in [9.17, 15) is 17.6 Å². The zero-order chi connectivity index (χ0) is 27.9. The maximum absolute atomic E-state index is 13.5. The molecule has 7 nitrogen and oxygen atoms in total. The molecule has 0 bridgehead atoms. The molecule has 12 heteroatoms. The lowest BCUT2D eigenvalue weighted by atomic mass is 9.92. The summed E-state index contributed by atoms with van der Waals surface area (Å²) in [6, 6.07) is 10.5. The summed E-state index contributed by atoms with van der Waals surface area (Å²) in [7, 11) is -3.36. The van der Waals surface area contributed by atoms with Crippen molar-refractivity contribution in [3.8, 4) is 11.5 Å². The van der Waals surface area contributed by atoms with Crippen molar-refractivity contribution in [2.45, 2.75) is 42.9 Å². The molecule has 2 heterocycles. The van der Waals surface area contributed by atoms with Crippen LogP contribution in [0.3, 0.4) is 0 Å². The number of aromatic nitrogens is 3. The van der Waals surface area contributed by atoms with Gasteiger partial charge in [-0.2, -0.15) is 4.98 Å². The highest BCUT2D eigenvalue weighted by Gasteiger charge is 2.52. The quantitative estimate of drug-likeness (QED) is 0.215. The number of rotatable bonds is 9. The Bertz CT molecular complexity index is 1660. The second-order valence-corrected chi connectivity index (χ2v) is 12.8. The molecule has 2 aromatic heterocycles. The van der Waals surface area contributed by atoms with Crippen molar-refractivity contribution in [1.29, 1.82) is 0 Å². The van der Waals surface area contributed by atoms with Crippen LogP contribution in [0, 0.1) is 5.82 Å². The smallest absolute Gasteiger partial charge is 0.258 e. The van der Waals surface area contributed by atoms with Crippen LogP contribution in [-0.4, -0.2) is 35.1 Å². The first-order chi connectivity index (χ1) is 18.5. The van der Waals surface area contributed by atoms with Gasteiger partial charge in [-0.05, 0) is 60.9 Å². The van der Waals surface area contributed by atoms with Crippen LogP contribution in [0.5, 0.6) is 0 Å². The highest BCUT2D eigenvalue weighted by molar-refractivity contribution is 7.91. The van der Waals surface area contributed by atoms with Gasteiger partial charge in [0.05, 0.1) is 21.1 Å². The van der Waals surface area contributed by atoms with Gasteiger partial charge >= 0.3 is 0 Å². The molecule has 39 heavy (non-hydrogen) atoms. The fourth-order valence-corrected chi connectivity index (χ4v) is 6.31. The van der Waals surface area contributed by atoms with E-state index in [0.717, 1.165) is 0 Å². The average Bonchev–Trinajstić information content (AvgIpc) is 3.51. The highest BCUT2D eigenvalue weighted by Crippen LogP contribution is 2.56. The number of carbonyl (C=O) groups excluding carboxylic acids is 1. The van der Waals surface area contributed by atoms with E-state index in [1.165, 1.54) is 30.5 Å². The van der Waals surface area contributed by atoms with Gasteiger partial charge in [-0.1, -0.05) is 46.9 Å². The standard InChI is InChI=1S/C27H21Cl3FN3O4S/c1-2-39(36,37)19-5-4-17(32-14-19)13-18(35)9-15-10-21(29)24(22(30)11-15)27(7-8-27)26-33-25(38-34-26)16-3-6-23(31)20(28)12-16/h3-6,10-12,14H,2,7-9,13H2,1H3. The molecule has 0 unspecified atom stereocenters. The van der Waals surface area contributed by atoms with Gasteiger partial charge < -0.3 is 4.52 Å². The Morgan fingerprint density at radius 3 is 2.33 bits per heavy atom. The predicted molar refractivity (Wildman–Crippen MR) is 146 cm³/mol. The summed E-state index contributed by atoms with van der Waals surface area (Å²) >= 11 is 19.2. The number of sulfone groups is 1. The largest absolute Gasteiger partial charge is 0.334 e. The molecule has 1 fully saturated rings. The van der Waals surface area contributed by atoms with Gasteiger partial charge in [0.25, 0.3) is 5.89 Å². The lowest BCUT2D eigenvalue weighted by molar-refractivity contribution is -0.117. The van der Waals surface area contributed by atoms with Crippen LogP contribution in [0.2, 0.25) is 15.1 Å². The van der Waals surface area contributed by atoms with Gasteiger partial charge in [-0.15, -0.1) is 0 Å². The van der Waals surface area contributed by atoms with Gasteiger partial charge in [0.2, 0.25) is 0 Å². The molecule has 4 aromatic rings. The Labute approximate surface area is 239 Å². The molecule has 5 rings (SSSR count). The third-order valence-electron chi connectivity index (χ3n) is 6.67. The van der Waals surface area contributed by atoms with E-state index in [4.69, 9.17) is 39.3 Å². The first-order valence-electron chi connectivity index (χ1n) is 12.0. The van der Waals surface area contributed by atoms with Crippen LogP contribution in [0.25, 0.3) is 11.5 Å². The van der Waals surface area contributed by atoms with Crippen LogP contribution >= 0.6 is 34.8 Å². The molecule has 0 spiro atoms. The van der Waals surface area contributed by atoms with Gasteiger partial charge in [0.15, 0.2) is 15.7 Å². The van der Waals surface area contributed by atoms with E-state index in [1.54, 1.807) is 25.1 Å². The van der Waals surface area contributed by atoms with Crippen molar-refractivity contribution in [3.05, 3.63) is 92.2 Å². The van der Waals surface area contributed by atoms with Gasteiger partial charge in [-0.25, -0.2) is 12.8 Å². The fraction of sp³-hybridized carbons (Fsp3) is 0.259. The van der Waals surface area contributed by atoms with Crippen LogP contribution in [-0.2, 0) is 32.9 Å². The molecule has 1 saturated carbocycles. The molecule has 2 aromatic carbocycles. The number of hydrogen-bond donors (Lipinski definition) is 0. The Balaban J connectivity index is 1.33. The summed E-state index contributed by atoms with van der Waals surface area (Å²) in [6.45, 7) is 1.56. The summed E-state index contributed by atoms with van der Waals surface area (Å²) < 4.78 is 42.9. The number of halogens is 4. The summed E-state index contributed by atoms with van der Waals surface area (Å²) in [6.07, 6.45) is 2.77. The zero-order valence-corrected chi connectivity index (χ0v) is 23.6. The van der Waals surface area contributed by atoms with E-state index in [0.29, 0.717) is 51.1 Å². The SMILES string of the molecule is CCS(=O)(=O)c1ccc(CC(=O)Cc2cc(Cl)c(C3(c4noc(-c5ccc(F)c(Cl)c5)n4)CC3)c(Cl)c2)nc1. The highest BCUT2D eigenvalue weighted by atomic mass is 35.5. The summed E-state index contributed by atoms with van der Waals surface area (Å²) in [5.74, 6) is -0.0994. The number of nitrogens with zero attached hydrogens (tertiary/aromatic N) is 3. The Morgan fingerprint density at radius 1 is 1.03 bits per heavy atom. The Hall–Kier alpha value is -2.85. The van der Waals surface area contributed by atoms with E-state index in [2.05, 4.69) is 15.1 Å². The van der Waals surface area contributed by atoms with Crippen molar-refractivity contribution in [1.82, 2.24) is 15.1 Å². The second kappa shape index (κ2) is 10.6. The topological polar surface area (TPSA) is 103 Å². The van der Waals surface area contributed by atoms with Gasteiger partial charge in [0.1, 0.15) is 11.6 Å². The van der Waals surface area contributed by atoms with Crippen LogP contribution in [0.1, 0.15) is 42.4 Å². The molecule has 0 saturated heterocycles. The molecular formula is C27H21Cl3FN3O4S. The number of Topliss-reactive ketones (excluding diaryl/α,β-unsaturated/α-hetero) is 1. The van der Waals surface area contributed by atoms with E-state index in [-0.39, 0.29) is 40.2 Å². The molecule has 0 radical (unpaired) electrons. The Morgan fingerprint density at radius 2 is 1.74 bits per heavy atom. The number of benzene rings is 2. The minimum absolute atomic E-state index is 0.0250. The monoisotopic (exact) mass is 607 g/mol. The maximum atomic E-state index is 13.5. The first kappa shape index (κ1) is 27.7. The van der Waals surface area contributed by atoms with Crippen molar-refractivity contribution in [3.63, 3.8) is 0 Å². The maximum Gasteiger partial charge on any atom is 0.258 e. The lowest BCUT2D eigenvalue weighted by Crippen LogP contribution is -2.14. The van der Waals surface area contributed by atoms with Crippen molar-refractivity contribution in [2.75, 3.05) is 5.75 Å². The number of ketones is 1. The first-order valence-corrected chi connectivity index (χ1v) is 14.8. The second-order valence-electron chi connectivity index (χ2n) is 9.35. The third kappa shape index (κ3) is 5.59. The van der Waals surface area contributed by atoms with Crippen molar-refractivity contribution < 1.29 is 22.1 Å². The third-order valence-corrected chi connectivity index (χ3v) is 9.27. The van der Waals surface area contributed by atoms with Crippen LogP contribution in [0.15, 0.2) is 58.1 Å². The molecule has 0 N–H and O–H groups in total. The van der Waals surface area contributed by atoms with E-state index >= 15 is 0 Å². The minimum atomic E-state index is -3.36. The summed E-state index contributed by atoms with van der Waals surface area (Å²) in [5, 5.41) is 4.85. The molecule has 0 atom stereocenters. The predicted octanol–water partition coefficient (Wildman–Crippen LogP) is 6.46. The van der Waals surface area contributed by atoms with Crippen LogP contribution in [0.4, 0.5) is 4.39 Å². The Kier molecular flexibility index (Phi) is 7.54. The summed E-state index contributed by atoms with van der Waals surface area (Å²) in [5.41, 5.74) is 1.61. The molecule has 202 valence electrons. The molecular weight excluding hydrogens is 588 g/mol. The van der Waals surface area contributed by atoms with Crippen molar-refractivity contribution in [2.24, 2.45) is 0 Å². The van der Waals surface area contributed by atoms with E-state index in [1.807, 2.05) is 0 Å².